The molecule has 1 atom stereocenters. The summed E-state index contributed by atoms with van der Waals surface area (Å²) in [6.45, 7) is 2.76. The highest BCUT2D eigenvalue weighted by molar-refractivity contribution is 7.99. The van der Waals surface area contributed by atoms with E-state index in [0.717, 1.165) is 18.0 Å². The van der Waals surface area contributed by atoms with Crippen molar-refractivity contribution >= 4 is 11.8 Å². The molecule has 2 nitrogen and oxygen atoms in total. The summed E-state index contributed by atoms with van der Waals surface area (Å²) in [5.41, 5.74) is 8.32. The lowest BCUT2D eigenvalue weighted by Crippen LogP contribution is -2.36. The molecule has 0 aromatic carbocycles. The zero-order valence-corrected chi connectivity index (χ0v) is 9.31. The van der Waals surface area contributed by atoms with Crippen molar-refractivity contribution in [2.75, 3.05) is 18.1 Å². The predicted octanol–water partition coefficient (Wildman–Crippen LogP) is 1.72. The third-order valence-corrected chi connectivity index (χ3v) is 4.18. The molecule has 0 radical (unpaired) electrons. The van der Waals surface area contributed by atoms with E-state index in [1.165, 1.54) is 17.9 Å². The number of rotatable bonds is 2. The van der Waals surface area contributed by atoms with E-state index < -0.39 is 0 Å². The molecule has 0 saturated carbocycles. The van der Waals surface area contributed by atoms with E-state index in [1.807, 2.05) is 24.8 Å². The predicted molar refractivity (Wildman–Crippen MR) is 61.6 cm³/mol. The Kier molecular flexibility index (Phi) is 2.79. The molecular weight excluding hydrogens is 192 g/mol. The zero-order valence-electron chi connectivity index (χ0n) is 8.49. The van der Waals surface area contributed by atoms with Crippen molar-refractivity contribution in [3.63, 3.8) is 0 Å². The smallest absolute Gasteiger partial charge is 0.0489 e. The lowest BCUT2D eigenvalue weighted by atomic mass is 9.83. The van der Waals surface area contributed by atoms with Crippen LogP contribution in [0.5, 0.6) is 0 Å². The van der Waals surface area contributed by atoms with Gasteiger partial charge in [-0.05, 0) is 31.2 Å². The number of hydrogen-bond donors (Lipinski definition) is 1. The topological polar surface area (TPSA) is 38.9 Å². The second-order valence-corrected chi connectivity index (χ2v) is 5.06. The highest BCUT2D eigenvalue weighted by Crippen LogP contribution is 2.37. The van der Waals surface area contributed by atoms with Crippen molar-refractivity contribution in [1.82, 2.24) is 4.98 Å². The third-order valence-electron chi connectivity index (χ3n) is 2.93. The van der Waals surface area contributed by atoms with Gasteiger partial charge in [0.2, 0.25) is 0 Å². The van der Waals surface area contributed by atoms with Gasteiger partial charge < -0.3 is 5.73 Å². The van der Waals surface area contributed by atoms with E-state index >= 15 is 0 Å². The van der Waals surface area contributed by atoms with Gasteiger partial charge in [0, 0.05) is 29.1 Å². The van der Waals surface area contributed by atoms with Crippen molar-refractivity contribution in [1.29, 1.82) is 0 Å². The zero-order chi connectivity index (χ0) is 10.0. The Labute approximate surface area is 89.3 Å². The minimum absolute atomic E-state index is 0.149. The normalized spacial score (nSPS) is 26.7. The SMILES string of the molecule is Cc1cccc(C2(CN)CCSC2)n1. The summed E-state index contributed by atoms with van der Waals surface area (Å²) in [6.07, 6.45) is 1.17. The summed E-state index contributed by atoms with van der Waals surface area (Å²) >= 11 is 1.99. The number of nitrogens with zero attached hydrogens (tertiary/aromatic N) is 1. The van der Waals surface area contributed by atoms with Crippen molar-refractivity contribution in [2.45, 2.75) is 18.8 Å². The van der Waals surface area contributed by atoms with Gasteiger partial charge in [-0.15, -0.1) is 0 Å². The molecule has 0 spiro atoms. The van der Waals surface area contributed by atoms with Crippen molar-refractivity contribution in [3.05, 3.63) is 29.6 Å². The van der Waals surface area contributed by atoms with Crippen LogP contribution in [0.25, 0.3) is 0 Å². The second-order valence-electron chi connectivity index (χ2n) is 3.95. The number of nitrogens with two attached hydrogens (primary N) is 1. The highest BCUT2D eigenvalue weighted by atomic mass is 32.2. The standard InChI is InChI=1S/C11H16N2S/c1-9-3-2-4-10(13-9)11(7-12)5-6-14-8-11/h2-4H,5-8,12H2,1H3. The number of aromatic nitrogens is 1. The molecule has 1 unspecified atom stereocenters. The van der Waals surface area contributed by atoms with Crippen LogP contribution in [0.4, 0.5) is 0 Å². The molecule has 1 aliphatic heterocycles. The lowest BCUT2D eigenvalue weighted by molar-refractivity contribution is 0.482. The first kappa shape index (κ1) is 9.99. The van der Waals surface area contributed by atoms with E-state index in [1.54, 1.807) is 0 Å². The molecule has 2 heterocycles. The van der Waals surface area contributed by atoms with Crippen LogP contribution < -0.4 is 5.73 Å². The van der Waals surface area contributed by atoms with Gasteiger partial charge in [-0.3, -0.25) is 4.98 Å². The molecule has 1 aliphatic rings. The minimum Gasteiger partial charge on any atom is -0.329 e. The first-order valence-corrected chi connectivity index (χ1v) is 6.14. The molecule has 14 heavy (non-hydrogen) atoms. The van der Waals surface area contributed by atoms with Gasteiger partial charge in [0.25, 0.3) is 0 Å². The fourth-order valence-electron chi connectivity index (χ4n) is 1.91. The Morgan fingerprint density at radius 1 is 1.57 bits per heavy atom. The van der Waals surface area contributed by atoms with Gasteiger partial charge in [0.05, 0.1) is 0 Å². The molecule has 0 bridgehead atoms. The quantitative estimate of drug-likeness (QED) is 0.804. The van der Waals surface area contributed by atoms with Crippen LogP contribution in [0.15, 0.2) is 18.2 Å². The van der Waals surface area contributed by atoms with Crippen LogP contribution in [0.1, 0.15) is 17.8 Å². The number of hydrogen-bond acceptors (Lipinski definition) is 3. The van der Waals surface area contributed by atoms with E-state index in [-0.39, 0.29) is 5.41 Å². The first-order valence-electron chi connectivity index (χ1n) is 4.99. The first-order chi connectivity index (χ1) is 6.77. The Hall–Kier alpha value is -0.540. The molecule has 2 rings (SSSR count). The fourth-order valence-corrected chi connectivity index (χ4v) is 3.39. The molecular formula is C11H16N2S. The van der Waals surface area contributed by atoms with Gasteiger partial charge in [-0.1, -0.05) is 6.07 Å². The molecule has 1 fully saturated rings. The van der Waals surface area contributed by atoms with Gasteiger partial charge in [-0.2, -0.15) is 11.8 Å². The van der Waals surface area contributed by atoms with Crippen LogP contribution in [0.2, 0.25) is 0 Å². The van der Waals surface area contributed by atoms with Crippen molar-refractivity contribution in [3.8, 4) is 0 Å². The van der Waals surface area contributed by atoms with E-state index in [0.29, 0.717) is 0 Å². The van der Waals surface area contributed by atoms with Crippen molar-refractivity contribution < 1.29 is 0 Å². The molecule has 1 aromatic rings. The van der Waals surface area contributed by atoms with Gasteiger partial charge in [-0.25, -0.2) is 0 Å². The largest absolute Gasteiger partial charge is 0.329 e. The van der Waals surface area contributed by atoms with Crippen LogP contribution in [0, 0.1) is 6.92 Å². The molecule has 3 heteroatoms. The molecule has 1 aromatic heterocycles. The molecule has 76 valence electrons. The monoisotopic (exact) mass is 208 g/mol. The molecule has 0 aliphatic carbocycles. The summed E-state index contributed by atoms with van der Waals surface area (Å²) in [5, 5.41) is 0. The molecule has 2 N–H and O–H groups in total. The van der Waals surface area contributed by atoms with Gasteiger partial charge >= 0.3 is 0 Å². The van der Waals surface area contributed by atoms with E-state index in [4.69, 9.17) is 5.73 Å². The van der Waals surface area contributed by atoms with Crippen LogP contribution >= 0.6 is 11.8 Å². The Bertz CT molecular complexity index is 319. The summed E-state index contributed by atoms with van der Waals surface area (Å²) in [6, 6.07) is 6.24. The summed E-state index contributed by atoms with van der Waals surface area (Å²) < 4.78 is 0. The van der Waals surface area contributed by atoms with Crippen molar-refractivity contribution in [2.24, 2.45) is 5.73 Å². The number of aryl methyl sites for hydroxylation is 1. The van der Waals surface area contributed by atoms with Gasteiger partial charge in [0.15, 0.2) is 0 Å². The highest BCUT2D eigenvalue weighted by Gasteiger charge is 2.36. The average molecular weight is 208 g/mol. The van der Waals surface area contributed by atoms with Crippen LogP contribution in [-0.4, -0.2) is 23.0 Å². The van der Waals surface area contributed by atoms with E-state index in [2.05, 4.69) is 17.1 Å². The molecule has 0 amide bonds. The maximum absolute atomic E-state index is 5.90. The summed E-state index contributed by atoms with van der Waals surface area (Å²) in [4.78, 5) is 4.60. The van der Waals surface area contributed by atoms with Crippen LogP contribution in [-0.2, 0) is 5.41 Å². The van der Waals surface area contributed by atoms with Crippen LogP contribution in [0.3, 0.4) is 0 Å². The van der Waals surface area contributed by atoms with E-state index in [9.17, 15) is 0 Å². The maximum Gasteiger partial charge on any atom is 0.0489 e. The summed E-state index contributed by atoms with van der Waals surface area (Å²) in [5.74, 6) is 2.34. The Balaban J connectivity index is 2.35. The fraction of sp³-hybridized carbons (Fsp3) is 0.545. The lowest BCUT2D eigenvalue weighted by Gasteiger charge is -2.25. The number of pyridine rings is 1. The Morgan fingerprint density at radius 2 is 2.43 bits per heavy atom. The third kappa shape index (κ3) is 1.66. The molecule has 1 saturated heterocycles. The van der Waals surface area contributed by atoms with Gasteiger partial charge in [0.1, 0.15) is 0 Å². The minimum atomic E-state index is 0.149. The summed E-state index contributed by atoms with van der Waals surface area (Å²) in [7, 11) is 0. The average Bonchev–Trinajstić information content (AvgIpc) is 2.67. The second kappa shape index (κ2) is 3.91. The Morgan fingerprint density at radius 3 is 3.00 bits per heavy atom. The maximum atomic E-state index is 5.90. The number of thioether (sulfide) groups is 1.